The second-order valence-electron chi connectivity index (χ2n) is 8.42. The minimum Gasteiger partial charge on any atom is -0.298 e. The van der Waals surface area contributed by atoms with Gasteiger partial charge < -0.3 is 0 Å². The van der Waals surface area contributed by atoms with E-state index in [4.69, 9.17) is 0 Å². The van der Waals surface area contributed by atoms with E-state index in [0.29, 0.717) is 0 Å². The number of allylic oxidation sites excluding steroid dienone is 1. The summed E-state index contributed by atoms with van der Waals surface area (Å²) >= 11 is 0. The highest BCUT2D eigenvalue weighted by molar-refractivity contribution is 6.22. The van der Waals surface area contributed by atoms with Crippen LogP contribution in [0.4, 0.5) is 5.69 Å². The van der Waals surface area contributed by atoms with Gasteiger partial charge in [0.25, 0.3) is 0 Å². The third-order valence-corrected chi connectivity index (χ3v) is 7.19. The van der Waals surface area contributed by atoms with E-state index in [1.165, 1.54) is 11.3 Å². The van der Waals surface area contributed by atoms with Gasteiger partial charge in [0.05, 0.1) is 17.5 Å². The topological polar surface area (TPSA) is 40.6 Å². The number of hydrogen-bond donors (Lipinski definition) is 0. The summed E-state index contributed by atoms with van der Waals surface area (Å²) in [4.78, 5) is 30.5. The number of para-hydroxylation sites is 1. The van der Waals surface area contributed by atoms with Gasteiger partial charge in [-0.15, -0.1) is 6.58 Å². The van der Waals surface area contributed by atoms with Crippen molar-refractivity contribution >= 4 is 17.5 Å². The Hall–Kier alpha value is -1.94. The molecule has 1 aromatic rings. The number of amides is 2. The Balaban J connectivity index is 1.67. The number of carbonyl (C=O) groups excluding carboxylic acids is 2. The average molecular weight is 367 g/mol. The summed E-state index contributed by atoms with van der Waals surface area (Å²) in [5, 5.41) is 0. The first kappa shape index (κ1) is 18.4. The lowest BCUT2D eigenvalue weighted by Gasteiger charge is -2.49. The molecule has 4 nitrogen and oxygen atoms in total. The maximum atomic E-state index is 13.4. The monoisotopic (exact) mass is 366 g/mol. The molecule has 0 N–H and O–H groups in total. The molecule has 4 heteroatoms. The maximum Gasteiger partial charge on any atom is 0.239 e. The molecule has 27 heavy (non-hydrogen) atoms. The minimum absolute atomic E-state index is 0.00157. The quantitative estimate of drug-likeness (QED) is 0.434. The lowest BCUT2D eigenvalue weighted by molar-refractivity contribution is -0.125. The van der Waals surface area contributed by atoms with Crippen molar-refractivity contribution in [3.8, 4) is 0 Å². The predicted octanol–water partition coefficient (Wildman–Crippen LogP) is 4.02. The van der Waals surface area contributed by atoms with Crippen LogP contribution in [0.1, 0.15) is 45.4 Å². The van der Waals surface area contributed by atoms with Gasteiger partial charge in [-0.2, -0.15) is 0 Å². The third kappa shape index (κ3) is 2.85. The van der Waals surface area contributed by atoms with Crippen LogP contribution in [0.2, 0.25) is 0 Å². The highest BCUT2D eigenvalue weighted by Gasteiger charge is 2.62. The van der Waals surface area contributed by atoms with Gasteiger partial charge in [0, 0.05) is 12.6 Å². The Morgan fingerprint density at radius 2 is 2.00 bits per heavy atom. The fourth-order valence-corrected chi connectivity index (χ4v) is 5.94. The summed E-state index contributed by atoms with van der Waals surface area (Å²) in [5.74, 6) is -0.332. The van der Waals surface area contributed by atoms with E-state index in [2.05, 4.69) is 18.4 Å². The predicted molar refractivity (Wildman–Crippen MR) is 107 cm³/mol. The lowest BCUT2D eigenvalue weighted by Crippen LogP contribution is -2.53. The number of anilines is 1. The zero-order valence-corrected chi connectivity index (χ0v) is 16.3. The van der Waals surface area contributed by atoms with Gasteiger partial charge in [0.1, 0.15) is 0 Å². The average Bonchev–Trinajstić information content (AvgIpc) is 3.19. The Kier molecular flexibility index (Phi) is 4.94. The van der Waals surface area contributed by atoms with Crippen molar-refractivity contribution in [3.05, 3.63) is 43.0 Å². The van der Waals surface area contributed by atoms with Crippen LogP contribution in [0.5, 0.6) is 0 Å². The number of piperidine rings is 1. The molecule has 4 atom stereocenters. The summed E-state index contributed by atoms with van der Waals surface area (Å²) < 4.78 is 0. The summed E-state index contributed by atoms with van der Waals surface area (Å²) in [7, 11) is 0. The van der Waals surface area contributed by atoms with Crippen LogP contribution in [0.25, 0.3) is 0 Å². The molecule has 3 saturated heterocycles. The molecule has 0 radical (unpaired) electrons. The molecule has 3 heterocycles. The molecule has 0 saturated carbocycles. The molecule has 3 aliphatic heterocycles. The molecule has 144 valence electrons. The van der Waals surface area contributed by atoms with Gasteiger partial charge in [-0.05, 0) is 62.6 Å². The summed E-state index contributed by atoms with van der Waals surface area (Å²) in [6.07, 6.45) is 8.65. The molecule has 2 amide bonds. The molecule has 4 rings (SSSR count). The number of nitrogens with zero attached hydrogens (tertiary/aromatic N) is 2. The molecule has 0 aromatic heterocycles. The number of benzene rings is 1. The number of fused-ring (bicyclic) bond motifs is 3. The molecule has 0 aliphatic carbocycles. The lowest BCUT2D eigenvalue weighted by atomic mass is 9.64. The zero-order valence-electron chi connectivity index (χ0n) is 16.3. The number of hydrogen-bond acceptors (Lipinski definition) is 3. The Morgan fingerprint density at radius 1 is 1.22 bits per heavy atom. The Labute approximate surface area is 162 Å². The van der Waals surface area contributed by atoms with Gasteiger partial charge in [-0.25, -0.2) is 4.90 Å². The van der Waals surface area contributed by atoms with E-state index >= 15 is 0 Å². The largest absolute Gasteiger partial charge is 0.298 e. The van der Waals surface area contributed by atoms with E-state index in [9.17, 15) is 9.59 Å². The molecule has 0 bridgehead atoms. The van der Waals surface area contributed by atoms with Crippen molar-refractivity contribution in [2.24, 2.45) is 17.3 Å². The molecule has 1 aromatic carbocycles. The van der Waals surface area contributed by atoms with Crippen molar-refractivity contribution in [2.45, 2.75) is 51.5 Å². The normalized spacial score (nSPS) is 33.2. The van der Waals surface area contributed by atoms with Crippen LogP contribution < -0.4 is 4.90 Å². The van der Waals surface area contributed by atoms with Gasteiger partial charge in [0.15, 0.2) is 0 Å². The fourth-order valence-electron chi connectivity index (χ4n) is 5.94. The molecule has 0 spiro atoms. The van der Waals surface area contributed by atoms with Crippen LogP contribution in [0, 0.1) is 17.3 Å². The van der Waals surface area contributed by atoms with E-state index in [1.54, 1.807) is 0 Å². The SMILES string of the molecule is C=CCCCC1(CC)CCCN2C[C@H]3C(=O)N(c4ccccc4)C(=O)[C@H]3C21. The molecular weight excluding hydrogens is 336 g/mol. The van der Waals surface area contributed by atoms with Crippen molar-refractivity contribution in [2.75, 3.05) is 18.0 Å². The second-order valence-corrected chi connectivity index (χ2v) is 8.42. The molecule has 2 unspecified atom stereocenters. The van der Waals surface area contributed by atoms with Crippen molar-refractivity contribution in [3.63, 3.8) is 0 Å². The van der Waals surface area contributed by atoms with Gasteiger partial charge >= 0.3 is 0 Å². The van der Waals surface area contributed by atoms with Crippen molar-refractivity contribution in [1.82, 2.24) is 4.90 Å². The Bertz CT molecular complexity index is 731. The van der Waals surface area contributed by atoms with E-state index in [0.717, 1.165) is 50.9 Å². The first-order valence-electron chi connectivity index (χ1n) is 10.4. The first-order valence-corrected chi connectivity index (χ1v) is 10.4. The Morgan fingerprint density at radius 3 is 2.70 bits per heavy atom. The van der Waals surface area contributed by atoms with Crippen molar-refractivity contribution in [1.29, 1.82) is 0 Å². The van der Waals surface area contributed by atoms with Crippen LogP contribution in [-0.4, -0.2) is 35.8 Å². The molecule has 3 aliphatic rings. The highest BCUT2D eigenvalue weighted by Crippen LogP contribution is 2.53. The summed E-state index contributed by atoms with van der Waals surface area (Å²) in [5.41, 5.74) is 0.863. The smallest absolute Gasteiger partial charge is 0.239 e. The van der Waals surface area contributed by atoms with Crippen LogP contribution in [-0.2, 0) is 9.59 Å². The fraction of sp³-hybridized carbons (Fsp3) is 0.565. The second kappa shape index (κ2) is 7.23. The molecule has 3 fully saturated rings. The molecular formula is C23H30N2O2. The number of carbonyl (C=O) groups is 2. The number of rotatable bonds is 6. The van der Waals surface area contributed by atoms with Gasteiger partial charge in [-0.1, -0.05) is 31.2 Å². The summed E-state index contributed by atoms with van der Waals surface area (Å²) in [6, 6.07) is 9.64. The summed E-state index contributed by atoms with van der Waals surface area (Å²) in [6.45, 7) is 7.89. The number of unbranched alkanes of at least 4 members (excludes halogenated alkanes) is 1. The van der Waals surface area contributed by atoms with Crippen molar-refractivity contribution < 1.29 is 9.59 Å². The highest BCUT2D eigenvalue weighted by atomic mass is 16.2. The van der Waals surface area contributed by atoms with E-state index in [-0.39, 0.29) is 35.1 Å². The number of imide groups is 1. The first-order chi connectivity index (χ1) is 13.1. The van der Waals surface area contributed by atoms with Crippen LogP contribution in [0.3, 0.4) is 0 Å². The maximum absolute atomic E-state index is 13.4. The van der Waals surface area contributed by atoms with E-state index < -0.39 is 0 Å². The van der Waals surface area contributed by atoms with Gasteiger partial charge in [-0.3, -0.25) is 14.5 Å². The van der Waals surface area contributed by atoms with Crippen LogP contribution in [0.15, 0.2) is 43.0 Å². The zero-order chi connectivity index (χ0) is 19.0. The third-order valence-electron chi connectivity index (χ3n) is 7.19. The minimum atomic E-state index is -0.179. The van der Waals surface area contributed by atoms with E-state index in [1.807, 2.05) is 36.4 Å². The van der Waals surface area contributed by atoms with Crippen LogP contribution >= 0.6 is 0 Å². The standard InChI is InChI=1S/C23H30N2O2/c1-3-5-9-13-23(4-2)14-10-15-24-16-18-19(20(23)24)22(27)25(21(18)26)17-11-7-6-8-12-17/h3,6-8,11-12,18-20H,1,4-5,9-10,13-16H2,2H3/t18-,19-,20?,23?/m1/s1. The van der Waals surface area contributed by atoms with Gasteiger partial charge in [0.2, 0.25) is 11.8 Å².